The van der Waals surface area contributed by atoms with Crippen LogP contribution < -0.4 is 15.5 Å². The van der Waals surface area contributed by atoms with E-state index in [4.69, 9.17) is 4.74 Å². The molecule has 0 unspecified atom stereocenters. The first kappa shape index (κ1) is 21.7. The molecule has 6 nitrogen and oxygen atoms in total. The smallest absolute Gasteiger partial charge is 0.271 e. The molecule has 0 atom stereocenters. The van der Waals surface area contributed by atoms with Crippen molar-refractivity contribution in [1.82, 2.24) is 5.43 Å². The minimum atomic E-state index is -0.452. The van der Waals surface area contributed by atoms with Gasteiger partial charge < -0.3 is 10.1 Å². The molecule has 31 heavy (non-hydrogen) atoms. The Morgan fingerprint density at radius 3 is 2.52 bits per heavy atom. The van der Waals surface area contributed by atoms with Crippen LogP contribution in [0.5, 0.6) is 5.75 Å². The highest BCUT2D eigenvalue weighted by molar-refractivity contribution is 5.95. The standard InChI is InChI=1S/C24H22FN3O3/c1-16-6-11-21(12-17(16)2)27-23(29)15-31-22-5-3-4-18(13-22)14-26-28-24(30)19-7-9-20(25)10-8-19/h3-14H,15H2,1-2H3,(H,27,29)(H,28,30)/b26-14-. The maximum atomic E-state index is 12.9. The minimum Gasteiger partial charge on any atom is -0.484 e. The summed E-state index contributed by atoms with van der Waals surface area (Å²) in [7, 11) is 0. The summed E-state index contributed by atoms with van der Waals surface area (Å²) in [5.74, 6) is -0.649. The van der Waals surface area contributed by atoms with Crippen LogP contribution in [0.2, 0.25) is 0 Å². The first-order valence-electron chi connectivity index (χ1n) is 9.59. The summed E-state index contributed by atoms with van der Waals surface area (Å²) in [6.45, 7) is 3.85. The zero-order valence-corrected chi connectivity index (χ0v) is 17.2. The number of hydrogen-bond donors (Lipinski definition) is 2. The monoisotopic (exact) mass is 419 g/mol. The molecule has 2 amide bonds. The molecule has 0 aliphatic rings. The number of amides is 2. The van der Waals surface area contributed by atoms with Gasteiger partial charge in [0.2, 0.25) is 0 Å². The van der Waals surface area contributed by atoms with Gasteiger partial charge in [-0.3, -0.25) is 9.59 Å². The van der Waals surface area contributed by atoms with E-state index in [1.54, 1.807) is 24.3 Å². The van der Waals surface area contributed by atoms with E-state index in [0.717, 1.165) is 16.8 Å². The topological polar surface area (TPSA) is 79.8 Å². The predicted molar refractivity (Wildman–Crippen MR) is 118 cm³/mol. The van der Waals surface area contributed by atoms with Gasteiger partial charge in [0, 0.05) is 11.3 Å². The largest absolute Gasteiger partial charge is 0.484 e. The molecule has 0 aromatic heterocycles. The normalized spacial score (nSPS) is 10.7. The summed E-state index contributed by atoms with van der Waals surface area (Å²) in [5.41, 5.74) is 6.31. The molecule has 2 N–H and O–H groups in total. The molecule has 3 aromatic rings. The Bertz CT molecular complexity index is 1110. The first-order valence-corrected chi connectivity index (χ1v) is 9.59. The van der Waals surface area contributed by atoms with E-state index in [2.05, 4.69) is 15.8 Å². The quantitative estimate of drug-likeness (QED) is 0.444. The van der Waals surface area contributed by atoms with Gasteiger partial charge in [-0.15, -0.1) is 0 Å². The Kier molecular flexibility index (Phi) is 7.11. The lowest BCUT2D eigenvalue weighted by atomic mass is 10.1. The zero-order valence-electron chi connectivity index (χ0n) is 17.2. The lowest BCUT2D eigenvalue weighted by molar-refractivity contribution is -0.118. The summed E-state index contributed by atoms with van der Waals surface area (Å²) >= 11 is 0. The highest BCUT2D eigenvalue weighted by Crippen LogP contribution is 2.15. The molecular weight excluding hydrogens is 397 g/mol. The van der Waals surface area contributed by atoms with E-state index in [1.165, 1.54) is 30.5 Å². The molecule has 0 aliphatic carbocycles. The number of hydrazone groups is 1. The van der Waals surface area contributed by atoms with Crippen molar-refractivity contribution in [2.24, 2.45) is 5.10 Å². The second kappa shape index (κ2) is 10.2. The van der Waals surface area contributed by atoms with Crippen molar-refractivity contribution >= 4 is 23.7 Å². The van der Waals surface area contributed by atoms with Crippen LogP contribution in [0.25, 0.3) is 0 Å². The molecule has 158 valence electrons. The number of anilines is 1. The molecule has 0 radical (unpaired) electrons. The SMILES string of the molecule is Cc1ccc(NC(=O)COc2cccc(/C=N\NC(=O)c3ccc(F)cc3)c2)cc1C. The molecule has 0 heterocycles. The summed E-state index contributed by atoms with van der Waals surface area (Å²) in [5, 5.41) is 6.69. The fourth-order valence-electron chi connectivity index (χ4n) is 2.68. The molecule has 0 bridgehead atoms. The van der Waals surface area contributed by atoms with Gasteiger partial charge in [0.15, 0.2) is 6.61 Å². The molecular formula is C24H22FN3O3. The van der Waals surface area contributed by atoms with E-state index in [0.29, 0.717) is 16.9 Å². The fourth-order valence-corrected chi connectivity index (χ4v) is 2.68. The number of carbonyl (C=O) groups is 2. The van der Waals surface area contributed by atoms with Gasteiger partial charge in [0.05, 0.1) is 6.21 Å². The van der Waals surface area contributed by atoms with Crippen molar-refractivity contribution in [2.75, 3.05) is 11.9 Å². The Morgan fingerprint density at radius 1 is 1.00 bits per heavy atom. The number of hydrogen-bond acceptors (Lipinski definition) is 4. The third-order valence-corrected chi connectivity index (χ3v) is 4.50. The Hall–Kier alpha value is -4.00. The van der Waals surface area contributed by atoms with Gasteiger partial charge in [0.25, 0.3) is 11.8 Å². The van der Waals surface area contributed by atoms with Gasteiger partial charge in [-0.1, -0.05) is 18.2 Å². The third-order valence-electron chi connectivity index (χ3n) is 4.50. The van der Waals surface area contributed by atoms with Gasteiger partial charge in [-0.05, 0) is 79.1 Å². The summed E-state index contributed by atoms with van der Waals surface area (Å²) in [4.78, 5) is 24.1. The van der Waals surface area contributed by atoms with E-state index < -0.39 is 11.7 Å². The second-order valence-electron chi connectivity index (χ2n) is 6.91. The lowest BCUT2D eigenvalue weighted by Gasteiger charge is -2.09. The van der Waals surface area contributed by atoms with Crippen LogP contribution in [0.15, 0.2) is 71.8 Å². The number of halogens is 1. The van der Waals surface area contributed by atoms with E-state index in [9.17, 15) is 14.0 Å². The number of ether oxygens (including phenoxy) is 1. The van der Waals surface area contributed by atoms with Gasteiger partial charge >= 0.3 is 0 Å². The molecule has 0 spiro atoms. The maximum absolute atomic E-state index is 12.9. The number of nitrogens with one attached hydrogen (secondary N) is 2. The number of rotatable bonds is 7. The van der Waals surface area contributed by atoms with Crippen LogP contribution >= 0.6 is 0 Å². The van der Waals surface area contributed by atoms with Crippen LogP contribution in [-0.4, -0.2) is 24.6 Å². The van der Waals surface area contributed by atoms with Crippen LogP contribution in [0.3, 0.4) is 0 Å². The highest BCUT2D eigenvalue weighted by Gasteiger charge is 2.06. The number of carbonyl (C=O) groups excluding carboxylic acids is 2. The number of aryl methyl sites for hydroxylation is 2. The van der Waals surface area contributed by atoms with E-state index >= 15 is 0 Å². The summed E-state index contributed by atoms with van der Waals surface area (Å²) in [6.07, 6.45) is 1.45. The van der Waals surface area contributed by atoms with Crippen molar-refractivity contribution in [1.29, 1.82) is 0 Å². The van der Waals surface area contributed by atoms with Crippen molar-refractivity contribution in [3.63, 3.8) is 0 Å². The van der Waals surface area contributed by atoms with E-state index in [1.807, 2.05) is 32.0 Å². The Labute approximate surface area is 179 Å². The predicted octanol–water partition coefficient (Wildman–Crippen LogP) is 4.22. The lowest BCUT2D eigenvalue weighted by Crippen LogP contribution is -2.20. The van der Waals surface area contributed by atoms with Crippen LogP contribution in [0.4, 0.5) is 10.1 Å². The summed E-state index contributed by atoms with van der Waals surface area (Å²) < 4.78 is 18.5. The van der Waals surface area contributed by atoms with Crippen LogP contribution in [0.1, 0.15) is 27.0 Å². The van der Waals surface area contributed by atoms with Gasteiger partial charge in [-0.25, -0.2) is 9.82 Å². The number of benzene rings is 3. The zero-order chi connectivity index (χ0) is 22.2. The Morgan fingerprint density at radius 2 is 1.77 bits per heavy atom. The van der Waals surface area contributed by atoms with Crippen molar-refractivity contribution in [3.8, 4) is 5.75 Å². The Balaban J connectivity index is 1.51. The molecule has 3 rings (SSSR count). The summed E-state index contributed by atoms with van der Waals surface area (Å²) in [6, 6.07) is 17.8. The van der Waals surface area contributed by atoms with Crippen molar-refractivity contribution < 1.29 is 18.7 Å². The van der Waals surface area contributed by atoms with Crippen molar-refractivity contribution in [3.05, 3.63) is 94.8 Å². The second-order valence-corrected chi connectivity index (χ2v) is 6.91. The molecule has 0 saturated carbocycles. The molecule has 0 saturated heterocycles. The average Bonchev–Trinajstić information content (AvgIpc) is 2.75. The van der Waals surface area contributed by atoms with Gasteiger partial charge in [0.1, 0.15) is 11.6 Å². The molecule has 7 heteroatoms. The average molecular weight is 419 g/mol. The highest BCUT2D eigenvalue weighted by atomic mass is 19.1. The van der Waals surface area contributed by atoms with Crippen LogP contribution in [-0.2, 0) is 4.79 Å². The fraction of sp³-hybridized carbons (Fsp3) is 0.125. The third kappa shape index (κ3) is 6.50. The van der Waals surface area contributed by atoms with Crippen molar-refractivity contribution in [2.45, 2.75) is 13.8 Å². The van der Waals surface area contributed by atoms with Gasteiger partial charge in [-0.2, -0.15) is 5.10 Å². The molecule has 0 fully saturated rings. The van der Waals surface area contributed by atoms with Crippen LogP contribution in [0, 0.1) is 19.7 Å². The minimum absolute atomic E-state index is 0.144. The number of nitrogens with zero attached hydrogens (tertiary/aromatic N) is 1. The molecule has 0 aliphatic heterocycles. The van der Waals surface area contributed by atoms with E-state index in [-0.39, 0.29) is 12.5 Å². The molecule has 3 aromatic carbocycles. The first-order chi connectivity index (χ1) is 14.9. The maximum Gasteiger partial charge on any atom is 0.271 e.